The Labute approximate surface area is 171 Å². The van der Waals surface area contributed by atoms with Gasteiger partial charge in [-0.25, -0.2) is 9.69 Å². The molecule has 0 aliphatic carbocycles. The lowest BCUT2D eigenvalue weighted by Crippen LogP contribution is -2.54. The Balaban J connectivity index is 1.80. The summed E-state index contributed by atoms with van der Waals surface area (Å²) in [4.78, 5) is 49.7. The number of rotatable bonds is 4. The van der Waals surface area contributed by atoms with Crippen molar-refractivity contribution in [3.63, 3.8) is 0 Å². The summed E-state index contributed by atoms with van der Waals surface area (Å²) in [6, 6.07) is 12.9. The number of aromatic nitrogens is 1. The maximum Gasteiger partial charge on any atom is 0.335 e. The molecule has 30 heavy (non-hydrogen) atoms. The van der Waals surface area contributed by atoms with Crippen molar-refractivity contribution >= 4 is 46.5 Å². The number of aliphatic carboxylic acids is 1. The Bertz CT molecular complexity index is 1240. The maximum absolute atomic E-state index is 13.0. The molecule has 4 rings (SSSR count). The summed E-state index contributed by atoms with van der Waals surface area (Å²) in [5, 5.41) is 13.9. The Morgan fingerprint density at radius 1 is 1.07 bits per heavy atom. The van der Waals surface area contributed by atoms with Crippen molar-refractivity contribution in [1.29, 1.82) is 0 Å². The topological polar surface area (TPSA) is 112 Å². The van der Waals surface area contributed by atoms with Gasteiger partial charge in [0.1, 0.15) is 5.57 Å². The van der Waals surface area contributed by atoms with Crippen LogP contribution in [-0.4, -0.2) is 28.4 Å². The number of carbonyl (C=O) groups excluding carboxylic acids is 4. The van der Waals surface area contributed by atoms with Gasteiger partial charge in [-0.15, -0.1) is 0 Å². The monoisotopic (exact) mass is 402 g/mol. The standard InChI is InChI=1S/C22H17N3O5/c1-13-6-8-15(9-7-13)25-21(29)17(20(28)23-22(25)30)10-14-11-24(12-19(26)27)18-5-3-2-4-16(14)18/h2-11H,12H2,1H3,(H,26,27)(H,23,28,30)/p-1/b17-10+. The number of anilines is 1. The number of barbiturate groups is 1. The molecule has 1 fully saturated rings. The van der Waals surface area contributed by atoms with Crippen molar-refractivity contribution in [2.75, 3.05) is 4.90 Å². The molecule has 0 saturated carbocycles. The summed E-state index contributed by atoms with van der Waals surface area (Å²) in [5.74, 6) is -2.84. The van der Waals surface area contributed by atoms with Gasteiger partial charge in [0, 0.05) is 22.7 Å². The third kappa shape index (κ3) is 3.35. The van der Waals surface area contributed by atoms with E-state index in [9.17, 15) is 24.3 Å². The average molecular weight is 402 g/mol. The first-order valence-corrected chi connectivity index (χ1v) is 9.11. The molecule has 150 valence electrons. The van der Waals surface area contributed by atoms with Gasteiger partial charge < -0.3 is 14.5 Å². The quantitative estimate of drug-likeness (QED) is 0.523. The summed E-state index contributed by atoms with van der Waals surface area (Å²) < 4.78 is 1.46. The van der Waals surface area contributed by atoms with Crippen molar-refractivity contribution in [2.45, 2.75) is 13.5 Å². The normalized spacial score (nSPS) is 15.7. The Morgan fingerprint density at radius 2 is 1.77 bits per heavy atom. The van der Waals surface area contributed by atoms with E-state index in [1.165, 1.54) is 16.8 Å². The van der Waals surface area contributed by atoms with Crippen molar-refractivity contribution < 1.29 is 24.3 Å². The number of hydrogen-bond acceptors (Lipinski definition) is 5. The summed E-state index contributed by atoms with van der Waals surface area (Å²) in [6.07, 6.45) is 2.89. The number of amides is 4. The fraction of sp³-hybridized carbons (Fsp3) is 0.0909. The van der Waals surface area contributed by atoms with Crippen molar-refractivity contribution in [2.24, 2.45) is 0 Å². The van der Waals surface area contributed by atoms with Crippen LogP contribution in [0.2, 0.25) is 0 Å². The average Bonchev–Trinajstić information content (AvgIpc) is 3.03. The van der Waals surface area contributed by atoms with Crippen LogP contribution in [0.25, 0.3) is 17.0 Å². The Morgan fingerprint density at radius 3 is 2.47 bits per heavy atom. The molecule has 0 unspecified atom stereocenters. The number of aryl methyl sites for hydroxylation is 1. The van der Waals surface area contributed by atoms with Crippen LogP contribution in [0.1, 0.15) is 11.1 Å². The zero-order chi connectivity index (χ0) is 21.4. The minimum atomic E-state index is -1.27. The van der Waals surface area contributed by atoms with Crippen LogP contribution >= 0.6 is 0 Å². The van der Waals surface area contributed by atoms with Crippen LogP contribution in [0.15, 0.2) is 60.3 Å². The number of nitrogens with one attached hydrogen (secondary N) is 1. The highest BCUT2D eigenvalue weighted by atomic mass is 16.4. The Kier molecular flexibility index (Phi) is 4.67. The van der Waals surface area contributed by atoms with Crippen LogP contribution in [0.4, 0.5) is 10.5 Å². The second-order valence-electron chi connectivity index (χ2n) is 6.89. The number of benzene rings is 2. The van der Waals surface area contributed by atoms with E-state index in [2.05, 4.69) is 5.32 Å². The first-order chi connectivity index (χ1) is 14.3. The first kappa shape index (κ1) is 19.1. The summed E-state index contributed by atoms with van der Waals surface area (Å²) in [5.41, 5.74) is 2.15. The number of fused-ring (bicyclic) bond motifs is 1. The van der Waals surface area contributed by atoms with Gasteiger partial charge in [-0.3, -0.25) is 14.9 Å². The summed E-state index contributed by atoms with van der Waals surface area (Å²) in [6.45, 7) is 1.50. The van der Waals surface area contributed by atoms with Crippen LogP contribution < -0.4 is 15.3 Å². The fourth-order valence-corrected chi connectivity index (χ4v) is 3.40. The third-order valence-electron chi connectivity index (χ3n) is 4.81. The van der Waals surface area contributed by atoms with E-state index in [1.54, 1.807) is 48.5 Å². The van der Waals surface area contributed by atoms with Crippen LogP contribution in [0.5, 0.6) is 0 Å². The second-order valence-corrected chi connectivity index (χ2v) is 6.89. The molecule has 8 nitrogen and oxygen atoms in total. The van der Waals surface area contributed by atoms with Crippen LogP contribution in [-0.2, 0) is 20.9 Å². The molecule has 0 atom stereocenters. The van der Waals surface area contributed by atoms with Crippen LogP contribution in [0.3, 0.4) is 0 Å². The molecule has 8 heteroatoms. The van der Waals surface area contributed by atoms with E-state index in [4.69, 9.17) is 0 Å². The highest BCUT2D eigenvalue weighted by Crippen LogP contribution is 2.26. The lowest BCUT2D eigenvalue weighted by molar-refractivity contribution is -0.306. The van der Waals surface area contributed by atoms with E-state index in [-0.39, 0.29) is 12.1 Å². The molecule has 0 radical (unpaired) electrons. The molecule has 3 aromatic rings. The summed E-state index contributed by atoms with van der Waals surface area (Å²) in [7, 11) is 0. The number of para-hydroxylation sites is 1. The number of imide groups is 2. The molecule has 1 aliphatic heterocycles. The largest absolute Gasteiger partial charge is 0.548 e. The number of urea groups is 1. The third-order valence-corrected chi connectivity index (χ3v) is 4.81. The van der Waals surface area contributed by atoms with Crippen molar-refractivity contribution in [3.8, 4) is 0 Å². The lowest BCUT2D eigenvalue weighted by Gasteiger charge is -2.26. The van der Waals surface area contributed by atoms with Gasteiger partial charge in [-0.2, -0.15) is 0 Å². The molecule has 1 saturated heterocycles. The van der Waals surface area contributed by atoms with Gasteiger partial charge in [0.15, 0.2) is 0 Å². The maximum atomic E-state index is 13.0. The minimum absolute atomic E-state index is 0.230. The lowest BCUT2D eigenvalue weighted by atomic mass is 10.1. The molecule has 1 aliphatic rings. The highest BCUT2D eigenvalue weighted by Gasteiger charge is 2.36. The van der Waals surface area contributed by atoms with Gasteiger partial charge >= 0.3 is 6.03 Å². The highest BCUT2D eigenvalue weighted by molar-refractivity contribution is 6.39. The predicted octanol–water partition coefficient (Wildman–Crippen LogP) is 1.37. The van der Waals surface area contributed by atoms with Crippen LogP contribution in [0, 0.1) is 6.92 Å². The number of hydrogen-bond donors (Lipinski definition) is 1. The van der Waals surface area contributed by atoms with E-state index >= 15 is 0 Å². The van der Waals surface area contributed by atoms with Gasteiger partial charge in [-0.05, 0) is 31.2 Å². The smallest absolute Gasteiger partial charge is 0.335 e. The molecule has 2 heterocycles. The molecular weight excluding hydrogens is 386 g/mol. The van der Waals surface area contributed by atoms with Crippen molar-refractivity contribution in [1.82, 2.24) is 9.88 Å². The number of carboxylic acid groups (broad SMARTS) is 1. The zero-order valence-corrected chi connectivity index (χ0v) is 15.9. The SMILES string of the molecule is Cc1ccc(N2C(=O)NC(=O)/C(=C\c3cn(CC(=O)[O-])c4ccccc34)C2=O)cc1. The molecular formula is C22H16N3O5-. The van der Waals surface area contributed by atoms with Crippen molar-refractivity contribution in [3.05, 3.63) is 71.4 Å². The minimum Gasteiger partial charge on any atom is -0.548 e. The predicted molar refractivity (Wildman–Crippen MR) is 107 cm³/mol. The van der Waals surface area contributed by atoms with Gasteiger partial charge in [0.2, 0.25) is 0 Å². The molecule has 0 spiro atoms. The number of carboxylic acids is 1. The van der Waals surface area contributed by atoms with Gasteiger partial charge in [0.25, 0.3) is 11.8 Å². The number of nitrogens with zero attached hydrogens (tertiary/aromatic N) is 2. The van der Waals surface area contributed by atoms with Gasteiger partial charge in [0.05, 0.1) is 18.2 Å². The molecule has 0 bridgehead atoms. The molecule has 1 N–H and O–H groups in total. The van der Waals surface area contributed by atoms with E-state index in [1.807, 2.05) is 6.92 Å². The van der Waals surface area contributed by atoms with Gasteiger partial charge in [-0.1, -0.05) is 35.9 Å². The fourth-order valence-electron chi connectivity index (χ4n) is 3.40. The van der Waals surface area contributed by atoms with E-state index in [0.717, 1.165) is 10.5 Å². The second kappa shape index (κ2) is 7.32. The molecule has 4 amide bonds. The number of carbonyl (C=O) groups is 4. The molecule has 2 aromatic carbocycles. The molecule has 1 aromatic heterocycles. The summed E-state index contributed by atoms with van der Waals surface area (Å²) >= 11 is 0. The Hall–Kier alpha value is -4.20. The van der Waals surface area contributed by atoms with E-state index < -0.39 is 23.8 Å². The first-order valence-electron chi connectivity index (χ1n) is 9.11. The van der Waals surface area contributed by atoms with E-state index in [0.29, 0.717) is 22.2 Å². The zero-order valence-electron chi connectivity index (χ0n) is 15.9.